The molecule has 1 aromatic rings. The summed E-state index contributed by atoms with van der Waals surface area (Å²) in [5.74, 6) is 0. The summed E-state index contributed by atoms with van der Waals surface area (Å²) >= 11 is 0. The highest BCUT2D eigenvalue weighted by atomic mass is 15.4. The third kappa shape index (κ3) is 4.51. The van der Waals surface area contributed by atoms with Gasteiger partial charge in [0.1, 0.15) is 0 Å². The van der Waals surface area contributed by atoms with Crippen molar-refractivity contribution in [3.05, 3.63) is 11.9 Å². The van der Waals surface area contributed by atoms with Gasteiger partial charge in [-0.05, 0) is 61.3 Å². The zero-order valence-corrected chi connectivity index (χ0v) is 14.6. The summed E-state index contributed by atoms with van der Waals surface area (Å²) in [5.41, 5.74) is 1.34. The smallest absolute Gasteiger partial charge is 0.0965 e. The third-order valence-electron chi connectivity index (χ3n) is 3.99. The minimum atomic E-state index is -0.00993. The summed E-state index contributed by atoms with van der Waals surface area (Å²) in [7, 11) is 0. The average Bonchev–Trinajstić information content (AvgIpc) is 2.69. The molecular weight excluding hydrogens is 262 g/mol. The van der Waals surface area contributed by atoms with Crippen LogP contribution in [0.15, 0.2) is 6.20 Å². The fraction of sp³-hybridized carbons (Fsp3) is 0.875. The lowest BCUT2D eigenvalue weighted by atomic mass is 9.79. The van der Waals surface area contributed by atoms with Crippen molar-refractivity contribution in [1.29, 1.82) is 0 Å². The number of nitrogens with zero attached hydrogens (tertiary/aromatic N) is 3. The summed E-state index contributed by atoms with van der Waals surface area (Å²) in [5, 5.41) is 15.9. The van der Waals surface area contributed by atoms with Gasteiger partial charge in [0.05, 0.1) is 17.4 Å². The molecule has 2 rings (SSSR count). The molecular formula is C16H31N5. The zero-order valence-electron chi connectivity index (χ0n) is 14.6. The molecule has 0 spiro atoms. The molecule has 0 bridgehead atoms. The zero-order chi connectivity index (χ0) is 15.9. The molecule has 1 fully saturated rings. The van der Waals surface area contributed by atoms with Crippen LogP contribution in [-0.4, -0.2) is 32.1 Å². The van der Waals surface area contributed by atoms with Crippen molar-refractivity contribution < 1.29 is 0 Å². The first-order valence-corrected chi connectivity index (χ1v) is 7.91. The van der Waals surface area contributed by atoms with Gasteiger partial charge in [0.25, 0.3) is 0 Å². The molecule has 0 aliphatic carbocycles. The van der Waals surface area contributed by atoms with E-state index >= 15 is 0 Å². The van der Waals surface area contributed by atoms with E-state index < -0.39 is 0 Å². The van der Waals surface area contributed by atoms with Crippen LogP contribution >= 0.6 is 0 Å². The Balaban J connectivity index is 1.95. The highest BCUT2D eigenvalue weighted by molar-refractivity contribution is 5.01. The molecule has 21 heavy (non-hydrogen) atoms. The van der Waals surface area contributed by atoms with Gasteiger partial charge < -0.3 is 10.6 Å². The first-order chi connectivity index (χ1) is 9.47. The fourth-order valence-corrected chi connectivity index (χ4v) is 3.42. The van der Waals surface area contributed by atoms with Crippen LogP contribution in [0.3, 0.4) is 0 Å². The predicted octanol–water partition coefficient (Wildman–Crippen LogP) is 2.43. The molecule has 0 radical (unpaired) electrons. The molecule has 120 valence electrons. The Morgan fingerprint density at radius 2 is 1.81 bits per heavy atom. The minimum Gasteiger partial charge on any atom is -0.308 e. The number of hydrogen-bond donors (Lipinski definition) is 2. The second-order valence-electron chi connectivity index (χ2n) is 8.70. The van der Waals surface area contributed by atoms with Crippen LogP contribution in [-0.2, 0) is 12.1 Å². The standard InChI is InChI=1S/C16H31N5/c1-14(2,3)21-11-13(18-20-21)10-17-12-8-15(4,5)19-16(6,7)9-12/h11-12,17,19H,8-10H2,1-7H3. The van der Waals surface area contributed by atoms with E-state index in [0.717, 1.165) is 25.1 Å². The maximum atomic E-state index is 4.27. The number of rotatable bonds is 3. The molecule has 5 heteroatoms. The van der Waals surface area contributed by atoms with Gasteiger partial charge in [-0.15, -0.1) is 5.10 Å². The molecule has 2 heterocycles. The Kier molecular flexibility index (Phi) is 4.19. The highest BCUT2D eigenvalue weighted by Gasteiger charge is 2.37. The van der Waals surface area contributed by atoms with Crippen LogP contribution in [0.4, 0.5) is 0 Å². The molecule has 0 aromatic carbocycles. The number of aromatic nitrogens is 3. The molecule has 1 aliphatic rings. The van der Waals surface area contributed by atoms with Gasteiger partial charge in [0.15, 0.2) is 0 Å². The van der Waals surface area contributed by atoms with E-state index in [1.165, 1.54) is 0 Å². The van der Waals surface area contributed by atoms with Crippen molar-refractivity contribution >= 4 is 0 Å². The van der Waals surface area contributed by atoms with Crippen LogP contribution in [0.25, 0.3) is 0 Å². The van der Waals surface area contributed by atoms with Gasteiger partial charge in [-0.3, -0.25) is 0 Å². The van der Waals surface area contributed by atoms with E-state index in [0.29, 0.717) is 6.04 Å². The Hall–Kier alpha value is -0.940. The molecule has 0 saturated carbocycles. The highest BCUT2D eigenvalue weighted by Crippen LogP contribution is 2.28. The second-order valence-corrected chi connectivity index (χ2v) is 8.70. The van der Waals surface area contributed by atoms with Gasteiger partial charge in [0.2, 0.25) is 0 Å². The topological polar surface area (TPSA) is 54.8 Å². The molecule has 0 unspecified atom stereocenters. The monoisotopic (exact) mass is 293 g/mol. The Morgan fingerprint density at radius 3 is 2.29 bits per heavy atom. The summed E-state index contributed by atoms with van der Waals surface area (Å²) < 4.78 is 1.93. The van der Waals surface area contributed by atoms with Crippen molar-refractivity contribution in [3.8, 4) is 0 Å². The van der Waals surface area contributed by atoms with E-state index in [2.05, 4.69) is 69.4 Å². The Bertz CT molecular complexity index is 465. The predicted molar refractivity (Wildman–Crippen MR) is 86.2 cm³/mol. The molecule has 5 nitrogen and oxygen atoms in total. The molecule has 2 N–H and O–H groups in total. The summed E-state index contributed by atoms with van der Waals surface area (Å²) in [4.78, 5) is 0. The van der Waals surface area contributed by atoms with Crippen LogP contribution in [0.5, 0.6) is 0 Å². The second kappa shape index (κ2) is 5.36. The van der Waals surface area contributed by atoms with E-state index in [-0.39, 0.29) is 16.6 Å². The Morgan fingerprint density at radius 1 is 1.24 bits per heavy atom. The fourth-order valence-electron chi connectivity index (χ4n) is 3.42. The van der Waals surface area contributed by atoms with Crippen molar-refractivity contribution in [2.24, 2.45) is 0 Å². The van der Waals surface area contributed by atoms with Crippen molar-refractivity contribution in [2.75, 3.05) is 0 Å². The first-order valence-electron chi connectivity index (χ1n) is 7.91. The van der Waals surface area contributed by atoms with E-state index in [1.54, 1.807) is 0 Å². The maximum Gasteiger partial charge on any atom is 0.0965 e. The van der Waals surface area contributed by atoms with E-state index in [4.69, 9.17) is 0 Å². The average molecular weight is 293 g/mol. The van der Waals surface area contributed by atoms with Crippen molar-refractivity contribution in [3.63, 3.8) is 0 Å². The van der Waals surface area contributed by atoms with Crippen LogP contribution in [0.1, 0.15) is 67.0 Å². The van der Waals surface area contributed by atoms with Crippen LogP contribution in [0, 0.1) is 0 Å². The summed E-state index contributed by atoms with van der Waals surface area (Å²) in [6.07, 6.45) is 4.30. The largest absolute Gasteiger partial charge is 0.308 e. The molecule has 1 aliphatic heterocycles. The maximum absolute atomic E-state index is 4.27. The number of hydrogen-bond acceptors (Lipinski definition) is 4. The van der Waals surface area contributed by atoms with E-state index in [9.17, 15) is 0 Å². The summed E-state index contributed by atoms with van der Waals surface area (Å²) in [6, 6.07) is 0.510. The van der Waals surface area contributed by atoms with Gasteiger partial charge in [0, 0.05) is 23.7 Å². The molecule has 0 atom stereocenters. The number of nitrogens with one attached hydrogen (secondary N) is 2. The molecule has 1 aromatic heterocycles. The Labute approximate surface area is 128 Å². The third-order valence-corrected chi connectivity index (χ3v) is 3.99. The van der Waals surface area contributed by atoms with Gasteiger partial charge in [-0.1, -0.05) is 5.21 Å². The minimum absolute atomic E-state index is 0.00993. The van der Waals surface area contributed by atoms with Crippen molar-refractivity contribution in [2.45, 2.75) is 90.5 Å². The van der Waals surface area contributed by atoms with Gasteiger partial charge in [-0.25, -0.2) is 4.68 Å². The van der Waals surface area contributed by atoms with Crippen molar-refractivity contribution in [1.82, 2.24) is 25.6 Å². The first kappa shape index (κ1) is 16.4. The molecule has 0 amide bonds. The lowest BCUT2D eigenvalue weighted by Gasteiger charge is -2.46. The van der Waals surface area contributed by atoms with Crippen LogP contribution in [0.2, 0.25) is 0 Å². The summed E-state index contributed by atoms with van der Waals surface area (Å²) in [6.45, 7) is 16.3. The number of piperidine rings is 1. The SMILES string of the molecule is CC1(C)CC(NCc2cn(C(C)(C)C)nn2)CC(C)(C)N1. The van der Waals surface area contributed by atoms with Crippen LogP contribution < -0.4 is 10.6 Å². The lowest BCUT2D eigenvalue weighted by Crippen LogP contribution is -2.61. The lowest BCUT2D eigenvalue weighted by molar-refractivity contribution is 0.145. The van der Waals surface area contributed by atoms with Gasteiger partial charge in [-0.2, -0.15) is 0 Å². The normalized spacial score (nSPS) is 22.4. The molecule has 1 saturated heterocycles. The van der Waals surface area contributed by atoms with Gasteiger partial charge >= 0.3 is 0 Å². The van der Waals surface area contributed by atoms with E-state index in [1.807, 2.05) is 10.9 Å². The quantitative estimate of drug-likeness (QED) is 0.899.